The Morgan fingerprint density at radius 3 is 2.49 bits per heavy atom. The van der Waals surface area contributed by atoms with E-state index in [1.165, 1.54) is 12.3 Å². The quantitative estimate of drug-likeness (QED) is 0.537. The summed E-state index contributed by atoms with van der Waals surface area (Å²) in [5.74, 6) is -0.810. The van der Waals surface area contributed by atoms with Gasteiger partial charge < -0.3 is 15.4 Å². The Bertz CT molecular complexity index is 1320. The molecule has 10 nitrogen and oxygen atoms in total. The second-order valence-corrected chi connectivity index (χ2v) is 8.96. The van der Waals surface area contributed by atoms with Gasteiger partial charge in [0.15, 0.2) is 5.57 Å². The van der Waals surface area contributed by atoms with Gasteiger partial charge in [-0.2, -0.15) is 18.4 Å². The second-order valence-electron chi connectivity index (χ2n) is 7.93. The minimum Gasteiger partial charge on any atom is -0.444 e. The fraction of sp³-hybridized carbons (Fsp3) is 0.381. The van der Waals surface area contributed by atoms with E-state index in [1.807, 2.05) is 0 Å². The average Bonchev–Trinajstić information content (AvgIpc) is 3.04. The smallest absolute Gasteiger partial charge is 0.413 e. The fourth-order valence-electron chi connectivity index (χ4n) is 2.59. The first-order valence-electron chi connectivity index (χ1n) is 10.2. The number of thiazole rings is 1. The van der Waals surface area contributed by atoms with Crippen LogP contribution in [0.25, 0.3) is 11.8 Å². The number of nitrogens with one attached hydrogen (secondary N) is 3. The van der Waals surface area contributed by atoms with Gasteiger partial charge in [-0.25, -0.2) is 9.78 Å². The summed E-state index contributed by atoms with van der Waals surface area (Å²) in [6, 6.07) is 6.24. The van der Waals surface area contributed by atoms with Gasteiger partial charge in [0.2, 0.25) is 0 Å². The molecule has 0 saturated heterocycles. The highest BCUT2D eigenvalue weighted by molar-refractivity contribution is 7.07. The number of amides is 2. The largest absolute Gasteiger partial charge is 0.444 e. The molecule has 0 saturated carbocycles. The average molecular weight is 513 g/mol. The number of aromatic nitrogens is 2. The molecule has 2 heterocycles. The number of carbonyl (C=O) groups excluding carboxylic acids is 2. The fourth-order valence-corrected chi connectivity index (χ4v) is 3.68. The molecule has 2 aromatic rings. The maximum absolute atomic E-state index is 12.7. The van der Waals surface area contributed by atoms with Crippen molar-refractivity contribution in [3.05, 3.63) is 37.7 Å². The minimum absolute atomic E-state index is 0.0732. The van der Waals surface area contributed by atoms with Crippen molar-refractivity contribution in [2.24, 2.45) is 0 Å². The standard InChI is InChI=1S/C21H23F3N6O4S/c1-5-30-17(32)13(35-18(30)12(9-25)16(31)27-11-21(22,23)24)10-26-14-7-6-8-15(28-14)29-19(33)34-20(2,3)4/h6-8,10H,5,11H2,1-4H3,(H,27,31)(H2,26,28,29,33). The van der Waals surface area contributed by atoms with Crippen LogP contribution in [0.1, 0.15) is 27.7 Å². The van der Waals surface area contributed by atoms with Gasteiger partial charge in [-0.15, -0.1) is 11.3 Å². The van der Waals surface area contributed by atoms with Crippen LogP contribution in [0, 0.1) is 11.3 Å². The van der Waals surface area contributed by atoms with Crippen LogP contribution in [0.4, 0.5) is 29.6 Å². The molecule has 0 aliphatic rings. The summed E-state index contributed by atoms with van der Waals surface area (Å²) in [6.07, 6.45) is -4.08. The van der Waals surface area contributed by atoms with Gasteiger partial charge in [0.1, 0.15) is 39.0 Å². The highest BCUT2D eigenvalue weighted by Gasteiger charge is 2.29. The number of halogens is 3. The van der Waals surface area contributed by atoms with E-state index >= 15 is 0 Å². The zero-order chi connectivity index (χ0) is 26.4. The Hall–Kier alpha value is -3.86. The molecule has 0 unspecified atom stereocenters. The van der Waals surface area contributed by atoms with Crippen LogP contribution >= 0.6 is 11.3 Å². The molecule has 0 bridgehead atoms. The normalized spacial score (nSPS) is 13.0. The first-order valence-corrected chi connectivity index (χ1v) is 11.0. The maximum atomic E-state index is 12.7. The zero-order valence-electron chi connectivity index (χ0n) is 19.2. The summed E-state index contributed by atoms with van der Waals surface area (Å²) in [5.41, 5.74) is -1.87. The van der Waals surface area contributed by atoms with Crippen LogP contribution in [0.5, 0.6) is 0 Å². The van der Waals surface area contributed by atoms with E-state index in [1.54, 1.807) is 51.2 Å². The number of hydrogen-bond acceptors (Lipinski definition) is 8. The predicted octanol–water partition coefficient (Wildman–Crippen LogP) is 1.87. The van der Waals surface area contributed by atoms with Crippen molar-refractivity contribution in [2.45, 2.75) is 46.0 Å². The van der Waals surface area contributed by atoms with E-state index in [0.29, 0.717) is 0 Å². The predicted molar refractivity (Wildman–Crippen MR) is 124 cm³/mol. The molecule has 2 amide bonds. The van der Waals surface area contributed by atoms with Crippen LogP contribution in [0.2, 0.25) is 0 Å². The Morgan fingerprint density at radius 1 is 1.26 bits per heavy atom. The van der Waals surface area contributed by atoms with Crippen molar-refractivity contribution in [3.8, 4) is 6.07 Å². The molecule has 14 heteroatoms. The molecule has 0 aromatic carbocycles. The van der Waals surface area contributed by atoms with Crippen molar-refractivity contribution in [1.82, 2.24) is 14.9 Å². The molecule has 0 aliphatic heterocycles. The maximum Gasteiger partial charge on any atom is 0.413 e. The molecule has 0 spiro atoms. The van der Waals surface area contributed by atoms with E-state index in [9.17, 15) is 32.8 Å². The molecule has 2 rings (SSSR count). The molecule has 0 fully saturated rings. The molecular formula is C21H23F3N6O4S. The minimum atomic E-state index is -4.65. The van der Waals surface area contributed by atoms with Crippen LogP contribution in [0.15, 0.2) is 23.0 Å². The van der Waals surface area contributed by atoms with Crippen molar-refractivity contribution in [1.29, 1.82) is 5.26 Å². The Balaban J connectivity index is 2.36. The Morgan fingerprint density at radius 2 is 1.91 bits per heavy atom. The number of alkyl halides is 3. The third-order valence-corrected chi connectivity index (χ3v) is 5.09. The van der Waals surface area contributed by atoms with Crippen LogP contribution in [-0.4, -0.2) is 39.9 Å². The van der Waals surface area contributed by atoms with Crippen molar-refractivity contribution in [3.63, 3.8) is 0 Å². The van der Waals surface area contributed by atoms with Crippen molar-refractivity contribution < 1.29 is 27.5 Å². The van der Waals surface area contributed by atoms with E-state index in [0.717, 1.165) is 15.9 Å². The van der Waals surface area contributed by atoms with Gasteiger partial charge >= 0.3 is 12.3 Å². The monoisotopic (exact) mass is 512 g/mol. The number of nitriles is 1. The highest BCUT2D eigenvalue weighted by atomic mass is 32.1. The van der Waals surface area contributed by atoms with Gasteiger partial charge in [0.05, 0.1) is 0 Å². The third-order valence-electron chi connectivity index (χ3n) is 3.96. The first kappa shape index (κ1) is 27.4. The summed E-state index contributed by atoms with van der Waals surface area (Å²) in [7, 11) is 0. The van der Waals surface area contributed by atoms with Gasteiger partial charge in [0, 0.05) is 12.7 Å². The lowest BCUT2D eigenvalue weighted by atomic mass is 10.2. The molecule has 188 valence electrons. The third kappa shape index (κ3) is 8.14. The molecular weight excluding hydrogens is 489 g/mol. The number of rotatable bonds is 6. The van der Waals surface area contributed by atoms with Gasteiger partial charge in [-0.05, 0) is 39.8 Å². The van der Waals surface area contributed by atoms with E-state index in [2.05, 4.69) is 15.6 Å². The molecule has 3 N–H and O–H groups in total. The van der Waals surface area contributed by atoms with E-state index < -0.39 is 41.5 Å². The summed E-state index contributed by atoms with van der Waals surface area (Å²) >= 11 is 0.759. The molecule has 0 radical (unpaired) electrons. The van der Waals surface area contributed by atoms with Gasteiger partial charge in [-0.3, -0.25) is 19.5 Å². The van der Waals surface area contributed by atoms with E-state index in [-0.39, 0.29) is 27.4 Å². The molecule has 35 heavy (non-hydrogen) atoms. The summed E-state index contributed by atoms with van der Waals surface area (Å²) < 4.78 is 43.5. The molecule has 0 aliphatic carbocycles. The SMILES string of the molecule is CCn1c(=C(C#N)C(=O)NCC(F)(F)F)sc(=CNc2cccc(NC(=O)OC(C)(C)C)n2)c1=O. The summed E-state index contributed by atoms with van der Waals surface area (Å²) in [6.45, 7) is 5.18. The number of nitrogens with zero attached hydrogens (tertiary/aromatic N) is 3. The lowest BCUT2D eigenvalue weighted by Gasteiger charge is -2.19. The number of hydrogen-bond donors (Lipinski definition) is 3. The molecule has 2 aromatic heterocycles. The van der Waals surface area contributed by atoms with Gasteiger partial charge in [0.25, 0.3) is 11.5 Å². The van der Waals surface area contributed by atoms with E-state index in [4.69, 9.17) is 4.74 Å². The van der Waals surface area contributed by atoms with Crippen LogP contribution in [-0.2, 0) is 16.1 Å². The van der Waals surface area contributed by atoms with Crippen LogP contribution in [0.3, 0.4) is 0 Å². The topological polar surface area (TPSA) is 138 Å². The van der Waals surface area contributed by atoms with Crippen LogP contribution < -0.4 is 30.7 Å². The lowest BCUT2D eigenvalue weighted by Crippen LogP contribution is -2.37. The summed E-state index contributed by atoms with van der Waals surface area (Å²) in [4.78, 5) is 41.0. The number of ether oxygens (including phenoxy) is 1. The first-order chi connectivity index (χ1) is 16.2. The zero-order valence-corrected chi connectivity index (χ0v) is 20.1. The van der Waals surface area contributed by atoms with Crippen molar-refractivity contribution in [2.75, 3.05) is 17.2 Å². The number of anilines is 2. The Kier molecular flexibility index (Phi) is 8.64. The summed E-state index contributed by atoms with van der Waals surface area (Å²) in [5, 5.41) is 16.3. The van der Waals surface area contributed by atoms with Gasteiger partial charge in [-0.1, -0.05) is 6.07 Å². The number of carbonyl (C=O) groups is 2. The molecule has 0 atom stereocenters. The number of pyridine rings is 1. The lowest BCUT2D eigenvalue weighted by molar-refractivity contribution is -0.135. The second kappa shape index (κ2) is 11.0. The Labute approximate surface area is 201 Å². The highest BCUT2D eigenvalue weighted by Crippen LogP contribution is 2.13. The van der Waals surface area contributed by atoms with Crippen molar-refractivity contribution >= 4 is 46.7 Å².